The van der Waals surface area contributed by atoms with Gasteiger partial charge in [0.15, 0.2) is 11.5 Å². The molecule has 1 aromatic heterocycles. The molecule has 134 valence electrons. The van der Waals surface area contributed by atoms with Gasteiger partial charge in [-0.05, 0) is 24.3 Å². The summed E-state index contributed by atoms with van der Waals surface area (Å²) in [4.78, 5) is 8.50. The molecular formula is C19H20N4O3. The highest BCUT2D eigenvalue weighted by atomic mass is 16.5. The summed E-state index contributed by atoms with van der Waals surface area (Å²) < 4.78 is 15.9. The van der Waals surface area contributed by atoms with E-state index in [-0.39, 0.29) is 0 Å². The Morgan fingerprint density at radius 1 is 0.692 bits per heavy atom. The first-order chi connectivity index (χ1) is 12.7. The second-order valence-corrected chi connectivity index (χ2v) is 5.31. The predicted octanol–water partition coefficient (Wildman–Crippen LogP) is 3.99. The van der Waals surface area contributed by atoms with Crippen molar-refractivity contribution in [2.75, 3.05) is 32.0 Å². The van der Waals surface area contributed by atoms with Crippen LogP contribution >= 0.6 is 0 Å². The highest BCUT2D eigenvalue weighted by Gasteiger charge is 2.07. The molecule has 0 spiro atoms. The summed E-state index contributed by atoms with van der Waals surface area (Å²) in [7, 11) is 4.83. The zero-order chi connectivity index (χ0) is 18.4. The van der Waals surface area contributed by atoms with E-state index >= 15 is 0 Å². The maximum atomic E-state index is 5.34. The summed E-state index contributed by atoms with van der Waals surface area (Å²) in [6.07, 6.45) is 1.49. The molecule has 1 heterocycles. The first kappa shape index (κ1) is 17.3. The molecule has 0 radical (unpaired) electrons. The average molecular weight is 352 g/mol. The topological polar surface area (TPSA) is 77.5 Å². The van der Waals surface area contributed by atoms with E-state index in [0.717, 1.165) is 17.1 Å². The van der Waals surface area contributed by atoms with E-state index in [1.165, 1.54) is 6.33 Å². The van der Waals surface area contributed by atoms with Crippen molar-refractivity contribution in [1.82, 2.24) is 9.97 Å². The lowest BCUT2D eigenvalue weighted by Crippen LogP contribution is -2.00. The molecular weight excluding hydrogens is 332 g/mol. The molecule has 0 aliphatic heterocycles. The number of hydrogen-bond donors (Lipinski definition) is 2. The van der Waals surface area contributed by atoms with Crippen molar-refractivity contribution in [2.24, 2.45) is 0 Å². The van der Waals surface area contributed by atoms with E-state index in [1.54, 1.807) is 21.3 Å². The summed E-state index contributed by atoms with van der Waals surface area (Å²) in [5.74, 6) is 3.33. The lowest BCUT2D eigenvalue weighted by Gasteiger charge is -2.12. The largest absolute Gasteiger partial charge is 0.495 e. The second-order valence-electron chi connectivity index (χ2n) is 5.31. The number of aromatic nitrogens is 2. The normalized spacial score (nSPS) is 10.1. The van der Waals surface area contributed by atoms with Crippen LogP contribution < -0.4 is 24.8 Å². The Labute approximate surface area is 152 Å². The number of methoxy groups -OCH3 is 3. The fraction of sp³-hybridized carbons (Fsp3) is 0.158. The minimum Gasteiger partial charge on any atom is -0.495 e. The Bertz CT molecular complexity index is 886. The maximum absolute atomic E-state index is 5.34. The lowest BCUT2D eigenvalue weighted by atomic mass is 10.2. The van der Waals surface area contributed by atoms with Crippen molar-refractivity contribution in [1.29, 1.82) is 0 Å². The van der Waals surface area contributed by atoms with Crippen LogP contribution in [-0.4, -0.2) is 31.3 Å². The highest BCUT2D eigenvalue weighted by molar-refractivity contribution is 5.67. The molecule has 0 aliphatic carbocycles. The molecule has 0 bridgehead atoms. The third-order valence-corrected chi connectivity index (χ3v) is 3.69. The van der Waals surface area contributed by atoms with Gasteiger partial charge in [-0.1, -0.05) is 12.1 Å². The van der Waals surface area contributed by atoms with Crippen LogP contribution in [-0.2, 0) is 0 Å². The third kappa shape index (κ3) is 3.94. The molecule has 3 aromatic rings. The molecule has 3 rings (SSSR count). The molecule has 0 amide bonds. The molecule has 0 atom stereocenters. The Balaban J connectivity index is 1.79. The molecule has 26 heavy (non-hydrogen) atoms. The van der Waals surface area contributed by atoms with Gasteiger partial charge in [-0.3, -0.25) is 0 Å². The monoisotopic (exact) mass is 352 g/mol. The maximum Gasteiger partial charge on any atom is 0.162 e. The van der Waals surface area contributed by atoms with Gasteiger partial charge in [-0.2, -0.15) is 0 Å². The fourth-order valence-electron chi connectivity index (χ4n) is 2.44. The van der Waals surface area contributed by atoms with Crippen molar-refractivity contribution < 1.29 is 14.2 Å². The van der Waals surface area contributed by atoms with Crippen molar-refractivity contribution in [3.8, 4) is 17.2 Å². The molecule has 0 saturated heterocycles. The van der Waals surface area contributed by atoms with E-state index in [2.05, 4.69) is 20.6 Å². The zero-order valence-corrected chi connectivity index (χ0v) is 14.8. The van der Waals surface area contributed by atoms with Crippen LogP contribution in [0.3, 0.4) is 0 Å². The van der Waals surface area contributed by atoms with E-state index in [4.69, 9.17) is 14.2 Å². The van der Waals surface area contributed by atoms with E-state index in [1.807, 2.05) is 48.5 Å². The number of rotatable bonds is 7. The van der Waals surface area contributed by atoms with Gasteiger partial charge in [-0.15, -0.1) is 0 Å². The van der Waals surface area contributed by atoms with Crippen LogP contribution in [0.1, 0.15) is 0 Å². The lowest BCUT2D eigenvalue weighted by molar-refractivity contribution is 0.355. The minimum atomic E-state index is 0.638. The van der Waals surface area contributed by atoms with E-state index < -0.39 is 0 Å². The standard InChI is InChI=1S/C19H20N4O3/c1-24-15-7-5-4-6-14(15)23-19-11-18(20-12-21-19)22-13-8-9-16(25-2)17(10-13)26-3/h4-12H,1-3H3,(H2,20,21,22,23). The van der Waals surface area contributed by atoms with Gasteiger partial charge in [-0.25, -0.2) is 9.97 Å². The molecule has 0 unspecified atom stereocenters. The molecule has 7 heteroatoms. The van der Waals surface area contributed by atoms with Gasteiger partial charge in [0.05, 0.1) is 27.0 Å². The molecule has 0 aliphatic rings. The quantitative estimate of drug-likeness (QED) is 0.666. The van der Waals surface area contributed by atoms with Crippen molar-refractivity contribution in [2.45, 2.75) is 0 Å². The first-order valence-corrected chi connectivity index (χ1v) is 7.94. The number of nitrogens with zero attached hydrogens (tertiary/aromatic N) is 2. The van der Waals surface area contributed by atoms with Crippen LogP contribution in [0.5, 0.6) is 17.2 Å². The molecule has 2 N–H and O–H groups in total. The average Bonchev–Trinajstić information content (AvgIpc) is 2.68. The van der Waals surface area contributed by atoms with Gasteiger partial charge in [0.2, 0.25) is 0 Å². The van der Waals surface area contributed by atoms with Gasteiger partial charge in [0.1, 0.15) is 23.7 Å². The summed E-state index contributed by atoms with van der Waals surface area (Å²) in [6.45, 7) is 0. The number of ether oxygens (including phenoxy) is 3. The molecule has 7 nitrogen and oxygen atoms in total. The molecule has 0 fully saturated rings. The number of hydrogen-bond acceptors (Lipinski definition) is 7. The molecule has 2 aromatic carbocycles. The van der Waals surface area contributed by atoms with E-state index in [9.17, 15) is 0 Å². The smallest absolute Gasteiger partial charge is 0.162 e. The van der Waals surface area contributed by atoms with Gasteiger partial charge < -0.3 is 24.8 Å². The van der Waals surface area contributed by atoms with Crippen LogP contribution in [0, 0.1) is 0 Å². The summed E-state index contributed by atoms with van der Waals surface area (Å²) in [6, 6.07) is 15.0. The second kappa shape index (κ2) is 8.06. The summed E-state index contributed by atoms with van der Waals surface area (Å²) in [5.41, 5.74) is 1.65. The zero-order valence-electron chi connectivity index (χ0n) is 14.8. The van der Waals surface area contributed by atoms with Crippen LogP contribution in [0.2, 0.25) is 0 Å². The van der Waals surface area contributed by atoms with Crippen LogP contribution in [0.4, 0.5) is 23.0 Å². The first-order valence-electron chi connectivity index (χ1n) is 7.94. The van der Waals surface area contributed by atoms with Gasteiger partial charge >= 0.3 is 0 Å². The summed E-state index contributed by atoms with van der Waals surface area (Å²) >= 11 is 0. The van der Waals surface area contributed by atoms with E-state index in [0.29, 0.717) is 23.1 Å². The Morgan fingerprint density at radius 2 is 1.38 bits per heavy atom. The van der Waals surface area contributed by atoms with Gasteiger partial charge in [0.25, 0.3) is 0 Å². The van der Waals surface area contributed by atoms with Gasteiger partial charge in [0, 0.05) is 17.8 Å². The number of anilines is 4. The van der Waals surface area contributed by atoms with Crippen LogP contribution in [0.25, 0.3) is 0 Å². The Morgan fingerprint density at radius 3 is 2.12 bits per heavy atom. The highest BCUT2D eigenvalue weighted by Crippen LogP contribution is 2.31. The Hall–Kier alpha value is -3.48. The number of benzene rings is 2. The minimum absolute atomic E-state index is 0.638. The summed E-state index contributed by atoms with van der Waals surface area (Å²) in [5, 5.41) is 6.46. The van der Waals surface area contributed by atoms with Crippen molar-refractivity contribution >= 4 is 23.0 Å². The van der Waals surface area contributed by atoms with Crippen molar-refractivity contribution in [3.05, 3.63) is 54.9 Å². The molecule has 0 saturated carbocycles. The third-order valence-electron chi connectivity index (χ3n) is 3.69. The van der Waals surface area contributed by atoms with Crippen LogP contribution in [0.15, 0.2) is 54.9 Å². The van der Waals surface area contributed by atoms with Crippen molar-refractivity contribution in [3.63, 3.8) is 0 Å². The number of para-hydroxylation sites is 2. The predicted molar refractivity (Wildman–Crippen MR) is 101 cm³/mol. The SMILES string of the molecule is COc1ccccc1Nc1cc(Nc2ccc(OC)c(OC)c2)ncn1. The number of nitrogens with one attached hydrogen (secondary N) is 2. The fourth-order valence-corrected chi connectivity index (χ4v) is 2.44. The Kier molecular flexibility index (Phi) is 5.38.